The maximum atomic E-state index is 6.05. The van der Waals surface area contributed by atoms with Gasteiger partial charge in [0.05, 0.1) is 11.1 Å². The Morgan fingerprint density at radius 2 is 2.06 bits per heavy atom. The van der Waals surface area contributed by atoms with E-state index in [2.05, 4.69) is 5.43 Å². The van der Waals surface area contributed by atoms with Crippen molar-refractivity contribution in [1.82, 2.24) is 5.43 Å². The van der Waals surface area contributed by atoms with E-state index in [4.69, 9.17) is 22.2 Å². The zero-order valence-corrected chi connectivity index (χ0v) is 10.7. The summed E-state index contributed by atoms with van der Waals surface area (Å²) in [5.41, 5.74) is 2.72. The number of para-hydroxylation sites is 1. The number of hydrazine groups is 1. The number of hydrogen-bond donors (Lipinski definition) is 2. The fourth-order valence-electron chi connectivity index (χ4n) is 1.45. The number of benzene rings is 1. The molecule has 5 heteroatoms. The molecule has 0 aliphatic carbocycles. The standard InChI is InChI=1S/C12H13ClN2OS/c13-10-6-7-17-12(10)11(15-14)8-16-9-4-2-1-3-5-9/h1-7,11,15H,8,14H2. The van der Waals surface area contributed by atoms with Gasteiger partial charge in [0, 0.05) is 4.88 Å². The molecule has 2 aromatic rings. The summed E-state index contributed by atoms with van der Waals surface area (Å²) in [5.74, 6) is 6.33. The molecule has 2 rings (SSSR count). The van der Waals surface area contributed by atoms with Crippen LogP contribution in [0.2, 0.25) is 5.02 Å². The van der Waals surface area contributed by atoms with Crippen LogP contribution >= 0.6 is 22.9 Å². The first-order valence-electron chi connectivity index (χ1n) is 5.18. The van der Waals surface area contributed by atoms with E-state index in [1.807, 2.05) is 41.8 Å². The molecule has 1 aromatic heterocycles. The number of ether oxygens (including phenoxy) is 1. The Labute approximate surface area is 109 Å². The Balaban J connectivity index is 2.00. The number of halogens is 1. The van der Waals surface area contributed by atoms with Crippen LogP contribution in [0.15, 0.2) is 41.8 Å². The molecule has 0 fully saturated rings. The lowest BCUT2D eigenvalue weighted by Gasteiger charge is -2.15. The summed E-state index contributed by atoms with van der Waals surface area (Å²) in [4.78, 5) is 0.991. The van der Waals surface area contributed by atoms with E-state index in [0.717, 1.165) is 15.6 Å². The average Bonchev–Trinajstić information content (AvgIpc) is 2.78. The normalized spacial score (nSPS) is 12.4. The SMILES string of the molecule is NNC(COc1ccccc1)c1sccc1Cl. The molecule has 1 aromatic carbocycles. The van der Waals surface area contributed by atoms with Gasteiger partial charge in [-0.25, -0.2) is 5.43 Å². The smallest absolute Gasteiger partial charge is 0.119 e. The highest BCUT2D eigenvalue weighted by Crippen LogP contribution is 2.28. The van der Waals surface area contributed by atoms with Gasteiger partial charge in [-0.3, -0.25) is 5.84 Å². The predicted octanol–water partition coefficient (Wildman–Crippen LogP) is 2.98. The van der Waals surface area contributed by atoms with E-state index in [-0.39, 0.29) is 6.04 Å². The number of nitrogens with one attached hydrogen (secondary N) is 1. The van der Waals surface area contributed by atoms with Crippen LogP contribution in [0.4, 0.5) is 0 Å². The van der Waals surface area contributed by atoms with E-state index in [1.54, 1.807) is 11.3 Å². The molecule has 0 saturated carbocycles. The zero-order chi connectivity index (χ0) is 12.1. The lowest BCUT2D eigenvalue weighted by Crippen LogP contribution is -2.31. The first-order chi connectivity index (χ1) is 8.31. The minimum atomic E-state index is -0.0947. The molecule has 90 valence electrons. The van der Waals surface area contributed by atoms with Crippen molar-refractivity contribution < 1.29 is 4.74 Å². The van der Waals surface area contributed by atoms with Gasteiger partial charge in [0.15, 0.2) is 0 Å². The van der Waals surface area contributed by atoms with Crippen molar-refractivity contribution in [3.63, 3.8) is 0 Å². The molecular formula is C12H13ClN2OS. The molecule has 0 radical (unpaired) electrons. The molecule has 0 amide bonds. The Hall–Kier alpha value is -1.07. The van der Waals surface area contributed by atoms with Gasteiger partial charge in [0.1, 0.15) is 12.4 Å². The van der Waals surface area contributed by atoms with Crippen LogP contribution in [0, 0.1) is 0 Å². The van der Waals surface area contributed by atoms with Gasteiger partial charge >= 0.3 is 0 Å². The third-order valence-corrected chi connectivity index (χ3v) is 3.79. The largest absolute Gasteiger partial charge is 0.492 e. The zero-order valence-electron chi connectivity index (χ0n) is 9.10. The minimum Gasteiger partial charge on any atom is -0.492 e. The Morgan fingerprint density at radius 1 is 1.29 bits per heavy atom. The van der Waals surface area contributed by atoms with Crippen LogP contribution in [0.25, 0.3) is 0 Å². The van der Waals surface area contributed by atoms with E-state index in [0.29, 0.717) is 6.61 Å². The summed E-state index contributed by atoms with van der Waals surface area (Å²) in [7, 11) is 0. The Kier molecular flexibility index (Phi) is 4.39. The fraction of sp³-hybridized carbons (Fsp3) is 0.167. The third kappa shape index (κ3) is 3.20. The molecule has 0 aliphatic rings. The molecule has 3 nitrogen and oxygen atoms in total. The molecular weight excluding hydrogens is 256 g/mol. The highest BCUT2D eigenvalue weighted by molar-refractivity contribution is 7.10. The minimum absolute atomic E-state index is 0.0947. The third-order valence-electron chi connectivity index (χ3n) is 2.32. The van der Waals surface area contributed by atoms with E-state index < -0.39 is 0 Å². The lowest BCUT2D eigenvalue weighted by atomic mass is 10.2. The first-order valence-corrected chi connectivity index (χ1v) is 6.44. The second kappa shape index (κ2) is 6.02. The van der Waals surface area contributed by atoms with Crippen LogP contribution in [0.1, 0.15) is 10.9 Å². The van der Waals surface area contributed by atoms with Crippen molar-refractivity contribution in [2.24, 2.45) is 5.84 Å². The number of thiophene rings is 1. The van der Waals surface area contributed by atoms with Crippen LogP contribution in [-0.4, -0.2) is 6.61 Å². The van der Waals surface area contributed by atoms with Crippen LogP contribution in [-0.2, 0) is 0 Å². The molecule has 1 unspecified atom stereocenters. The van der Waals surface area contributed by atoms with Crippen molar-refractivity contribution in [1.29, 1.82) is 0 Å². The van der Waals surface area contributed by atoms with Crippen molar-refractivity contribution in [3.05, 3.63) is 51.7 Å². The number of nitrogens with two attached hydrogens (primary N) is 1. The van der Waals surface area contributed by atoms with Gasteiger partial charge in [-0.2, -0.15) is 0 Å². The van der Waals surface area contributed by atoms with Gasteiger partial charge in [0.25, 0.3) is 0 Å². The van der Waals surface area contributed by atoms with E-state index in [9.17, 15) is 0 Å². The van der Waals surface area contributed by atoms with Gasteiger partial charge in [-0.15, -0.1) is 11.3 Å². The fourth-order valence-corrected chi connectivity index (χ4v) is 2.68. The topological polar surface area (TPSA) is 47.3 Å². The Morgan fingerprint density at radius 3 is 2.65 bits per heavy atom. The molecule has 0 aliphatic heterocycles. The van der Waals surface area contributed by atoms with Gasteiger partial charge in [-0.1, -0.05) is 29.8 Å². The van der Waals surface area contributed by atoms with Crippen LogP contribution < -0.4 is 16.0 Å². The molecule has 0 saturated heterocycles. The predicted molar refractivity (Wildman–Crippen MR) is 71.3 cm³/mol. The molecule has 1 heterocycles. The van der Waals surface area contributed by atoms with Gasteiger partial charge in [-0.05, 0) is 23.6 Å². The van der Waals surface area contributed by atoms with Crippen LogP contribution in [0.3, 0.4) is 0 Å². The summed E-state index contributed by atoms with van der Waals surface area (Å²) < 4.78 is 5.64. The first kappa shape index (κ1) is 12.4. The number of rotatable bonds is 5. The maximum Gasteiger partial charge on any atom is 0.119 e. The van der Waals surface area contributed by atoms with Gasteiger partial charge in [0.2, 0.25) is 0 Å². The summed E-state index contributed by atoms with van der Waals surface area (Å²) in [5, 5.41) is 2.65. The van der Waals surface area contributed by atoms with Gasteiger partial charge < -0.3 is 4.74 Å². The van der Waals surface area contributed by atoms with Crippen LogP contribution in [0.5, 0.6) is 5.75 Å². The second-order valence-electron chi connectivity index (χ2n) is 3.48. The monoisotopic (exact) mass is 268 g/mol. The van der Waals surface area contributed by atoms with Crippen molar-refractivity contribution in [3.8, 4) is 5.75 Å². The summed E-state index contributed by atoms with van der Waals surface area (Å²) in [6.07, 6.45) is 0. The Bertz CT molecular complexity index is 461. The van der Waals surface area contributed by atoms with Crippen molar-refractivity contribution in [2.75, 3.05) is 6.61 Å². The molecule has 0 bridgehead atoms. The van der Waals surface area contributed by atoms with Crippen molar-refractivity contribution >= 4 is 22.9 Å². The van der Waals surface area contributed by atoms with E-state index in [1.165, 1.54) is 0 Å². The second-order valence-corrected chi connectivity index (χ2v) is 4.83. The lowest BCUT2D eigenvalue weighted by molar-refractivity contribution is 0.269. The molecule has 1 atom stereocenters. The molecule has 3 N–H and O–H groups in total. The summed E-state index contributed by atoms with van der Waals surface area (Å²) >= 11 is 7.62. The molecule has 17 heavy (non-hydrogen) atoms. The summed E-state index contributed by atoms with van der Waals surface area (Å²) in [6, 6.07) is 11.4. The highest BCUT2D eigenvalue weighted by Gasteiger charge is 2.15. The maximum absolute atomic E-state index is 6.05. The molecule has 0 spiro atoms. The van der Waals surface area contributed by atoms with Crippen molar-refractivity contribution in [2.45, 2.75) is 6.04 Å². The quantitative estimate of drug-likeness (QED) is 0.647. The number of hydrogen-bond acceptors (Lipinski definition) is 4. The van der Waals surface area contributed by atoms with E-state index >= 15 is 0 Å². The highest BCUT2D eigenvalue weighted by atomic mass is 35.5. The average molecular weight is 269 g/mol. The summed E-state index contributed by atoms with van der Waals surface area (Å²) in [6.45, 7) is 0.445.